The summed E-state index contributed by atoms with van der Waals surface area (Å²) < 4.78 is 13.8. The average Bonchev–Trinajstić information content (AvgIpc) is 2.35. The molecule has 19 heavy (non-hydrogen) atoms. The van der Waals surface area contributed by atoms with Crippen molar-refractivity contribution in [3.8, 4) is 0 Å². The number of carbonyl (C=O) groups is 1. The van der Waals surface area contributed by atoms with E-state index in [2.05, 4.69) is 35.1 Å². The first-order valence-electron chi connectivity index (χ1n) is 6.66. The fraction of sp³-hybridized carbons (Fsp3) is 0.533. The van der Waals surface area contributed by atoms with E-state index < -0.39 is 5.82 Å². The molecule has 1 fully saturated rings. The number of rotatable bonds is 2. The molecule has 0 aromatic heterocycles. The molecule has 104 valence electrons. The Balaban J connectivity index is 2.10. The maximum absolute atomic E-state index is 13.4. The van der Waals surface area contributed by atoms with Crippen LogP contribution in [0.1, 0.15) is 49.9 Å². The molecule has 4 heteroatoms. The highest BCUT2D eigenvalue weighted by Crippen LogP contribution is 2.35. The monoisotopic (exact) mass is 327 g/mol. The molecule has 1 aromatic carbocycles. The lowest BCUT2D eigenvalue weighted by atomic mass is 9.73. The van der Waals surface area contributed by atoms with Crippen molar-refractivity contribution in [2.24, 2.45) is 5.41 Å². The molecule has 0 saturated heterocycles. The SMILES string of the molecule is CC1(C)CCCCC1NC(=O)c1ccc(Br)c(F)c1. The summed E-state index contributed by atoms with van der Waals surface area (Å²) in [7, 11) is 0. The predicted octanol–water partition coefficient (Wildman–Crippen LogP) is 4.29. The van der Waals surface area contributed by atoms with E-state index in [4.69, 9.17) is 0 Å². The zero-order valence-electron chi connectivity index (χ0n) is 11.3. The van der Waals surface area contributed by atoms with E-state index in [0.29, 0.717) is 10.0 Å². The Hall–Kier alpha value is -0.900. The minimum absolute atomic E-state index is 0.113. The quantitative estimate of drug-likeness (QED) is 0.862. The van der Waals surface area contributed by atoms with Gasteiger partial charge in [0, 0.05) is 11.6 Å². The van der Waals surface area contributed by atoms with Gasteiger partial charge in [0.1, 0.15) is 5.82 Å². The summed E-state index contributed by atoms with van der Waals surface area (Å²) in [6, 6.07) is 4.64. The zero-order chi connectivity index (χ0) is 14.0. The van der Waals surface area contributed by atoms with Crippen molar-refractivity contribution in [2.45, 2.75) is 45.6 Å². The van der Waals surface area contributed by atoms with Crippen molar-refractivity contribution in [1.29, 1.82) is 0 Å². The van der Waals surface area contributed by atoms with Crippen molar-refractivity contribution < 1.29 is 9.18 Å². The Kier molecular flexibility index (Phi) is 4.29. The van der Waals surface area contributed by atoms with Crippen LogP contribution in [0.2, 0.25) is 0 Å². The smallest absolute Gasteiger partial charge is 0.251 e. The lowest BCUT2D eigenvalue weighted by Crippen LogP contribution is -2.46. The molecule has 1 atom stereocenters. The number of nitrogens with one attached hydrogen (secondary N) is 1. The summed E-state index contributed by atoms with van der Waals surface area (Å²) in [5, 5.41) is 3.05. The van der Waals surface area contributed by atoms with E-state index >= 15 is 0 Å². The van der Waals surface area contributed by atoms with Crippen LogP contribution in [0, 0.1) is 11.2 Å². The first-order chi connectivity index (χ1) is 8.90. The third kappa shape index (κ3) is 3.35. The maximum atomic E-state index is 13.4. The maximum Gasteiger partial charge on any atom is 0.251 e. The highest BCUT2D eigenvalue weighted by molar-refractivity contribution is 9.10. The van der Waals surface area contributed by atoms with Gasteiger partial charge in [0.25, 0.3) is 5.91 Å². The van der Waals surface area contributed by atoms with Crippen molar-refractivity contribution in [3.05, 3.63) is 34.1 Å². The number of amides is 1. The first-order valence-corrected chi connectivity index (χ1v) is 7.45. The second-order valence-corrected chi connectivity index (χ2v) is 6.74. The highest BCUT2D eigenvalue weighted by Gasteiger charge is 2.33. The number of halogens is 2. The average molecular weight is 328 g/mol. The molecule has 1 aromatic rings. The fourth-order valence-corrected chi connectivity index (χ4v) is 2.89. The summed E-state index contributed by atoms with van der Waals surface area (Å²) in [5.41, 5.74) is 0.490. The van der Waals surface area contributed by atoms with Crippen LogP contribution in [0.4, 0.5) is 4.39 Å². The largest absolute Gasteiger partial charge is 0.349 e. The van der Waals surface area contributed by atoms with E-state index in [-0.39, 0.29) is 17.4 Å². The molecule has 1 unspecified atom stereocenters. The zero-order valence-corrected chi connectivity index (χ0v) is 12.9. The molecule has 0 spiro atoms. The molecule has 1 saturated carbocycles. The van der Waals surface area contributed by atoms with Crippen LogP contribution in [0.5, 0.6) is 0 Å². The number of benzene rings is 1. The Bertz CT molecular complexity index is 487. The van der Waals surface area contributed by atoms with Crippen LogP contribution in [-0.2, 0) is 0 Å². The Morgan fingerprint density at radius 1 is 1.42 bits per heavy atom. The Labute approximate surface area is 121 Å². The minimum Gasteiger partial charge on any atom is -0.349 e. The number of hydrogen-bond acceptors (Lipinski definition) is 1. The van der Waals surface area contributed by atoms with Crippen LogP contribution in [0.3, 0.4) is 0 Å². The van der Waals surface area contributed by atoms with Crippen molar-refractivity contribution in [2.75, 3.05) is 0 Å². The molecular weight excluding hydrogens is 309 g/mol. The molecule has 1 amide bonds. The molecule has 0 radical (unpaired) electrons. The standard InChI is InChI=1S/C15H19BrFNO/c1-15(2)8-4-3-5-13(15)18-14(19)10-6-7-11(16)12(17)9-10/h6-7,9,13H,3-5,8H2,1-2H3,(H,18,19). The second kappa shape index (κ2) is 5.61. The van der Waals surface area contributed by atoms with E-state index in [0.717, 1.165) is 19.3 Å². The predicted molar refractivity (Wildman–Crippen MR) is 77.6 cm³/mol. The third-order valence-electron chi connectivity index (χ3n) is 3.99. The van der Waals surface area contributed by atoms with Gasteiger partial charge in [-0.2, -0.15) is 0 Å². The second-order valence-electron chi connectivity index (χ2n) is 5.89. The van der Waals surface area contributed by atoms with E-state index in [1.807, 2.05) is 0 Å². The van der Waals surface area contributed by atoms with Crippen LogP contribution in [0.15, 0.2) is 22.7 Å². The van der Waals surface area contributed by atoms with Crippen molar-refractivity contribution in [3.63, 3.8) is 0 Å². The minimum atomic E-state index is -0.407. The van der Waals surface area contributed by atoms with Crippen LogP contribution < -0.4 is 5.32 Å². The molecule has 0 bridgehead atoms. The molecule has 0 aliphatic heterocycles. The van der Waals surface area contributed by atoms with E-state index in [1.165, 1.54) is 12.5 Å². The van der Waals surface area contributed by atoms with Gasteiger partial charge in [-0.15, -0.1) is 0 Å². The highest BCUT2D eigenvalue weighted by atomic mass is 79.9. The van der Waals surface area contributed by atoms with Gasteiger partial charge in [-0.3, -0.25) is 4.79 Å². The molecule has 2 nitrogen and oxygen atoms in total. The third-order valence-corrected chi connectivity index (χ3v) is 4.64. The summed E-state index contributed by atoms with van der Waals surface area (Å²) in [5.74, 6) is -0.595. The van der Waals surface area contributed by atoms with Crippen LogP contribution in [-0.4, -0.2) is 11.9 Å². The van der Waals surface area contributed by atoms with E-state index in [1.54, 1.807) is 12.1 Å². The molecular formula is C15H19BrFNO. The normalized spacial score (nSPS) is 22.0. The summed E-state index contributed by atoms with van der Waals surface area (Å²) in [6.45, 7) is 4.36. The number of hydrogen-bond donors (Lipinski definition) is 1. The fourth-order valence-electron chi connectivity index (χ4n) is 2.64. The first kappa shape index (κ1) is 14.5. The summed E-state index contributed by atoms with van der Waals surface area (Å²) >= 11 is 3.09. The van der Waals surface area contributed by atoms with Gasteiger partial charge in [0.2, 0.25) is 0 Å². The molecule has 1 aliphatic rings. The lowest BCUT2D eigenvalue weighted by molar-refractivity contribution is 0.0853. The van der Waals surface area contributed by atoms with Gasteiger partial charge in [-0.05, 0) is 52.4 Å². The molecule has 0 heterocycles. The molecule has 2 rings (SSSR count). The Morgan fingerprint density at radius 2 is 2.16 bits per heavy atom. The Morgan fingerprint density at radius 3 is 2.79 bits per heavy atom. The van der Waals surface area contributed by atoms with Crippen molar-refractivity contribution >= 4 is 21.8 Å². The molecule has 1 aliphatic carbocycles. The van der Waals surface area contributed by atoms with Crippen LogP contribution >= 0.6 is 15.9 Å². The van der Waals surface area contributed by atoms with Gasteiger partial charge in [-0.1, -0.05) is 26.7 Å². The van der Waals surface area contributed by atoms with Gasteiger partial charge in [0.15, 0.2) is 0 Å². The van der Waals surface area contributed by atoms with Gasteiger partial charge in [-0.25, -0.2) is 4.39 Å². The van der Waals surface area contributed by atoms with Gasteiger partial charge < -0.3 is 5.32 Å². The lowest BCUT2D eigenvalue weighted by Gasteiger charge is -2.39. The van der Waals surface area contributed by atoms with E-state index in [9.17, 15) is 9.18 Å². The molecule has 1 N–H and O–H groups in total. The van der Waals surface area contributed by atoms with Gasteiger partial charge >= 0.3 is 0 Å². The van der Waals surface area contributed by atoms with Crippen LogP contribution in [0.25, 0.3) is 0 Å². The topological polar surface area (TPSA) is 29.1 Å². The van der Waals surface area contributed by atoms with Crippen molar-refractivity contribution in [1.82, 2.24) is 5.32 Å². The summed E-state index contributed by atoms with van der Waals surface area (Å²) in [6.07, 6.45) is 4.47. The van der Waals surface area contributed by atoms with Gasteiger partial charge in [0.05, 0.1) is 4.47 Å². The number of carbonyl (C=O) groups excluding carboxylic acids is 1. The summed E-state index contributed by atoms with van der Waals surface area (Å²) in [4.78, 5) is 12.2.